The lowest BCUT2D eigenvalue weighted by molar-refractivity contribution is 0.660. The van der Waals surface area contributed by atoms with E-state index in [-0.39, 0.29) is 5.41 Å². The maximum atomic E-state index is 2.49. The Labute approximate surface area is 307 Å². The fourth-order valence-electron chi connectivity index (χ4n) is 9.13. The molecule has 0 spiro atoms. The van der Waals surface area contributed by atoms with Gasteiger partial charge in [0.15, 0.2) is 0 Å². The summed E-state index contributed by atoms with van der Waals surface area (Å²) in [7, 11) is 0. The van der Waals surface area contributed by atoms with E-state index in [0.29, 0.717) is 0 Å². The van der Waals surface area contributed by atoms with E-state index in [1.54, 1.807) is 0 Å². The third-order valence-electron chi connectivity index (χ3n) is 11.7. The van der Waals surface area contributed by atoms with Crippen molar-refractivity contribution in [2.24, 2.45) is 0 Å². The SMILES string of the molecule is CC1(C)c2ccccc2-c2ccc(-c3c4ccccc4c(-c4cccc5c4sc4ccccc45)c4ccc(-c5ccc6ccccc6c5)cc34)cc21. The predicted molar refractivity (Wildman–Crippen MR) is 226 cm³/mol. The molecule has 1 heterocycles. The first-order valence-corrected chi connectivity index (χ1v) is 19.0. The third-order valence-corrected chi connectivity index (χ3v) is 12.9. The Bertz CT molecular complexity index is 3100. The third kappa shape index (κ3) is 4.21. The maximum Gasteiger partial charge on any atom is 0.0434 e. The summed E-state index contributed by atoms with van der Waals surface area (Å²) in [5.41, 5.74) is 13.1. The average Bonchev–Trinajstić information content (AvgIpc) is 3.68. The summed E-state index contributed by atoms with van der Waals surface area (Å²) in [6, 6.07) is 63.7. The van der Waals surface area contributed by atoms with Gasteiger partial charge in [0.25, 0.3) is 0 Å². The van der Waals surface area contributed by atoms with Gasteiger partial charge in [0.05, 0.1) is 0 Å². The molecule has 10 aromatic rings. The van der Waals surface area contributed by atoms with Gasteiger partial charge < -0.3 is 0 Å². The minimum atomic E-state index is -0.0828. The van der Waals surface area contributed by atoms with Crippen LogP contribution in [0.2, 0.25) is 0 Å². The first-order valence-electron chi connectivity index (χ1n) is 18.2. The van der Waals surface area contributed by atoms with Crippen molar-refractivity contribution in [2.45, 2.75) is 19.3 Å². The standard InChI is InChI=1S/C51H34S/c1-51(2)45-20-9-7-14-36(45)37-26-25-35(30-46(37)51)48-39-16-5-6-17-40(39)49(43-19-11-18-42-38-15-8-10-21-47(38)52-50(42)43)41-27-24-34(29-44(41)48)33-23-22-31-12-3-4-13-32(31)28-33/h3-30H,1-2H3. The van der Waals surface area contributed by atoms with E-state index in [0.717, 1.165) is 0 Å². The average molecular weight is 679 g/mol. The van der Waals surface area contributed by atoms with E-state index in [1.807, 2.05) is 11.3 Å². The molecule has 0 nitrogen and oxygen atoms in total. The quantitative estimate of drug-likeness (QED) is 0.163. The summed E-state index contributed by atoms with van der Waals surface area (Å²) in [6.07, 6.45) is 0. The molecular weight excluding hydrogens is 645 g/mol. The minimum Gasteiger partial charge on any atom is -0.135 e. The molecule has 0 radical (unpaired) electrons. The van der Waals surface area contributed by atoms with E-state index in [2.05, 4.69) is 184 Å². The number of thiophene rings is 1. The van der Waals surface area contributed by atoms with E-state index in [1.165, 1.54) is 108 Å². The first-order chi connectivity index (χ1) is 25.5. The molecule has 244 valence electrons. The van der Waals surface area contributed by atoms with Crippen LogP contribution in [0.3, 0.4) is 0 Å². The molecule has 1 heteroatoms. The molecule has 1 aromatic heterocycles. The van der Waals surface area contributed by atoms with Crippen molar-refractivity contribution < 1.29 is 0 Å². The highest BCUT2D eigenvalue weighted by Crippen LogP contribution is 2.52. The van der Waals surface area contributed by atoms with Crippen LogP contribution in [0.25, 0.3) is 97.0 Å². The van der Waals surface area contributed by atoms with Crippen molar-refractivity contribution in [2.75, 3.05) is 0 Å². The largest absolute Gasteiger partial charge is 0.135 e. The highest BCUT2D eigenvalue weighted by Gasteiger charge is 2.35. The van der Waals surface area contributed by atoms with E-state index in [4.69, 9.17) is 0 Å². The molecule has 52 heavy (non-hydrogen) atoms. The predicted octanol–water partition coefficient (Wildman–Crippen LogP) is 14.8. The number of hydrogen-bond acceptors (Lipinski definition) is 1. The van der Waals surface area contributed by atoms with Crippen LogP contribution in [-0.2, 0) is 5.41 Å². The van der Waals surface area contributed by atoms with Gasteiger partial charge in [-0.05, 0) is 107 Å². The van der Waals surface area contributed by atoms with Gasteiger partial charge in [-0.15, -0.1) is 11.3 Å². The summed E-state index contributed by atoms with van der Waals surface area (Å²) in [5.74, 6) is 0. The van der Waals surface area contributed by atoms with Crippen LogP contribution in [-0.4, -0.2) is 0 Å². The lowest BCUT2D eigenvalue weighted by atomic mass is 9.80. The number of rotatable bonds is 3. The fraction of sp³-hybridized carbons (Fsp3) is 0.0588. The molecular formula is C51H34S. The second-order valence-corrected chi connectivity index (χ2v) is 15.9. The Kier molecular flexibility index (Phi) is 6.27. The van der Waals surface area contributed by atoms with Crippen molar-refractivity contribution in [1.29, 1.82) is 0 Å². The lowest BCUT2D eigenvalue weighted by Gasteiger charge is -2.23. The molecule has 0 fully saturated rings. The van der Waals surface area contributed by atoms with Gasteiger partial charge in [0, 0.05) is 31.2 Å². The van der Waals surface area contributed by atoms with Gasteiger partial charge in [-0.25, -0.2) is 0 Å². The number of hydrogen-bond donors (Lipinski definition) is 0. The fourth-order valence-corrected chi connectivity index (χ4v) is 10.4. The van der Waals surface area contributed by atoms with Crippen molar-refractivity contribution in [1.82, 2.24) is 0 Å². The summed E-state index contributed by atoms with van der Waals surface area (Å²) < 4.78 is 2.68. The molecule has 9 aromatic carbocycles. The summed E-state index contributed by atoms with van der Waals surface area (Å²) in [4.78, 5) is 0. The van der Waals surface area contributed by atoms with Gasteiger partial charge in [-0.2, -0.15) is 0 Å². The zero-order valence-corrected chi connectivity index (χ0v) is 29.9. The van der Waals surface area contributed by atoms with Gasteiger partial charge in [-0.3, -0.25) is 0 Å². The Hall–Kier alpha value is -6.02. The molecule has 0 unspecified atom stereocenters. The Morgan fingerprint density at radius 2 is 0.981 bits per heavy atom. The zero-order valence-electron chi connectivity index (χ0n) is 29.1. The maximum absolute atomic E-state index is 2.49. The molecule has 1 aliphatic rings. The van der Waals surface area contributed by atoms with Crippen molar-refractivity contribution >= 4 is 63.8 Å². The van der Waals surface area contributed by atoms with Crippen molar-refractivity contribution in [3.05, 3.63) is 181 Å². The first kappa shape index (κ1) is 29.7. The van der Waals surface area contributed by atoms with Gasteiger partial charge in [0.1, 0.15) is 0 Å². The van der Waals surface area contributed by atoms with Crippen LogP contribution in [0.4, 0.5) is 0 Å². The molecule has 11 rings (SSSR count). The van der Waals surface area contributed by atoms with Crippen molar-refractivity contribution in [3.8, 4) is 44.5 Å². The second-order valence-electron chi connectivity index (χ2n) is 14.8. The lowest BCUT2D eigenvalue weighted by Crippen LogP contribution is -2.14. The molecule has 0 atom stereocenters. The molecule has 1 aliphatic carbocycles. The summed E-state index contributed by atoms with van der Waals surface area (Å²) in [6.45, 7) is 4.76. The van der Waals surface area contributed by atoms with Crippen LogP contribution in [0.1, 0.15) is 25.0 Å². The Morgan fingerprint density at radius 1 is 0.365 bits per heavy atom. The highest BCUT2D eigenvalue weighted by atomic mass is 32.1. The van der Waals surface area contributed by atoms with Gasteiger partial charge in [-0.1, -0.05) is 159 Å². The normalized spacial score (nSPS) is 13.3. The highest BCUT2D eigenvalue weighted by molar-refractivity contribution is 7.26. The minimum absolute atomic E-state index is 0.0828. The van der Waals surface area contributed by atoms with Crippen LogP contribution >= 0.6 is 11.3 Å². The molecule has 0 saturated heterocycles. The molecule has 0 aliphatic heterocycles. The zero-order chi connectivity index (χ0) is 34.6. The molecule has 0 N–H and O–H groups in total. The van der Waals surface area contributed by atoms with Crippen LogP contribution in [0.15, 0.2) is 170 Å². The number of benzene rings is 9. The Morgan fingerprint density at radius 3 is 1.87 bits per heavy atom. The molecule has 0 amide bonds. The topological polar surface area (TPSA) is 0 Å². The summed E-state index contributed by atoms with van der Waals surface area (Å²) in [5, 5.41) is 10.3. The smallest absolute Gasteiger partial charge is 0.0434 e. The Balaban J connectivity index is 1.25. The van der Waals surface area contributed by atoms with E-state index in [9.17, 15) is 0 Å². The molecule has 0 saturated carbocycles. The van der Waals surface area contributed by atoms with Crippen LogP contribution in [0, 0.1) is 0 Å². The van der Waals surface area contributed by atoms with Crippen LogP contribution < -0.4 is 0 Å². The summed E-state index contributed by atoms with van der Waals surface area (Å²) >= 11 is 1.91. The van der Waals surface area contributed by atoms with E-state index >= 15 is 0 Å². The number of fused-ring (bicyclic) bond motifs is 9. The second kappa shape index (κ2) is 11.0. The van der Waals surface area contributed by atoms with E-state index < -0.39 is 0 Å². The van der Waals surface area contributed by atoms with Crippen molar-refractivity contribution in [3.63, 3.8) is 0 Å². The molecule has 0 bridgehead atoms. The van der Waals surface area contributed by atoms with Crippen LogP contribution in [0.5, 0.6) is 0 Å². The van der Waals surface area contributed by atoms with Gasteiger partial charge >= 0.3 is 0 Å². The monoisotopic (exact) mass is 678 g/mol. The van der Waals surface area contributed by atoms with Gasteiger partial charge in [0.2, 0.25) is 0 Å².